The van der Waals surface area contributed by atoms with E-state index in [1.165, 1.54) is 0 Å². The fraction of sp³-hybridized carbons (Fsp3) is 0.714. The molecule has 22 heavy (non-hydrogen) atoms. The number of hydrogen-bond acceptors (Lipinski definition) is 4. The minimum atomic E-state index is -0.926. The Bertz CT molecular complexity index is 440. The molecule has 8 heteroatoms. The Morgan fingerprint density at radius 2 is 1.64 bits per heavy atom. The zero-order valence-electron chi connectivity index (χ0n) is 12.8. The lowest BCUT2D eigenvalue weighted by molar-refractivity contribution is -0.143. The molecule has 0 aromatic rings. The number of carboxylic acids is 2. The molecular formula is C14H22N4O4. The van der Waals surface area contributed by atoms with E-state index in [9.17, 15) is 9.59 Å². The third-order valence-electron chi connectivity index (χ3n) is 3.17. The first-order valence-corrected chi connectivity index (χ1v) is 6.85. The summed E-state index contributed by atoms with van der Waals surface area (Å²) in [7, 11) is 0. The summed E-state index contributed by atoms with van der Waals surface area (Å²) in [6, 6.07) is 0. The molecule has 0 bridgehead atoms. The number of nitrogens with zero attached hydrogens (tertiary/aromatic N) is 2. The van der Waals surface area contributed by atoms with Crippen LogP contribution in [0.1, 0.15) is 26.7 Å². The Labute approximate surface area is 130 Å². The van der Waals surface area contributed by atoms with E-state index < -0.39 is 23.0 Å². The zero-order valence-corrected chi connectivity index (χ0v) is 12.8. The van der Waals surface area contributed by atoms with Crippen molar-refractivity contribution in [2.75, 3.05) is 26.2 Å². The molecular weight excluding hydrogens is 288 g/mol. The molecule has 0 aromatic carbocycles. The van der Waals surface area contributed by atoms with Crippen LogP contribution in [0.4, 0.5) is 0 Å². The van der Waals surface area contributed by atoms with Gasteiger partial charge in [-0.3, -0.25) is 20.2 Å². The van der Waals surface area contributed by atoms with Crippen molar-refractivity contribution < 1.29 is 19.8 Å². The van der Waals surface area contributed by atoms with Crippen LogP contribution in [-0.2, 0) is 9.59 Å². The van der Waals surface area contributed by atoms with Crippen molar-refractivity contribution in [1.29, 1.82) is 0 Å². The second-order valence-electron chi connectivity index (χ2n) is 5.43. The lowest BCUT2D eigenvalue weighted by Crippen LogP contribution is -2.47. The number of rotatable bonds is 8. The SMILES string of the molecule is [C-]#[N+]CCNC(C)(C)C(=O)O.[C-]#[N+]CCNC1(C(=O)O)CC1. The molecule has 122 valence electrons. The van der Waals surface area contributed by atoms with Crippen LogP contribution >= 0.6 is 0 Å². The van der Waals surface area contributed by atoms with Crippen molar-refractivity contribution in [3.8, 4) is 0 Å². The van der Waals surface area contributed by atoms with Crippen molar-refractivity contribution >= 4 is 11.9 Å². The maximum absolute atomic E-state index is 10.5. The second kappa shape index (κ2) is 8.98. The lowest BCUT2D eigenvalue weighted by atomic mass is 10.1. The molecule has 0 atom stereocenters. The summed E-state index contributed by atoms with van der Waals surface area (Å²) >= 11 is 0. The fourth-order valence-electron chi connectivity index (χ4n) is 1.44. The minimum absolute atomic E-state index is 0.316. The van der Waals surface area contributed by atoms with Gasteiger partial charge in [-0.05, 0) is 26.7 Å². The predicted molar refractivity (Wildman–Crippen MR) is 80.3 cm³/mol. The van der Waals surface area contributed by atoms with Crippen molar-refractivity contribution in [2.24, 2.45) is 0 Å². The number of aliphatic carboxylic acids is 2. The summed E-state index contributed by atoms with van der Waals surface area (Å²) in [6.45, 7) is 17.6. The van der Waals surface area contributed by atoms with Crippen LogP contribution in [0.15, 0.2) is 0 Å². The first-order chi connectivity index (χ1) is 10.2. The van der Waals surface area contributed by atoms with Crippen LogP contribution in [-0.4, -0.2) is 59.4 Å². The third kappa shape index (κ3) is 7.02. The van der Waals surface area contributed by atoms with Gasteiger partial charge in [0.15, 0.2) is 0 Å². The van der Waals surface area contributed by atoms with Crippen molar-refractivity contribution in [1.82, 2.24) is 10.6 Å². The molecule has 1 rings (SSSR count). The normalized spacial score (nSPS) is 14.7. The topological polar surface area (TPSA) is 107 Å². The Kier molecular flexibility index (Phi) is 8.10. The second-order valence-corrected chi connectivity index (χ2v) is 5.43. The summed E-state index contributed by atoms with van der Waals surface area (Å²) in [5.41, 5.74) is -1.60. The third-order valence-corrected chi connectivity index (χ3v) is 3.17. The largest absolute Gasteiger partial charge is 0.480 e. The molecule has 4 N–H and O–H groups in total. The quantitative estimate of drug-likeness (QED) is 0.383. The molecule has 0 radical (unpaired) electrons. The van der Waals surface area contributed by atoms with Crippen LogP contribution < -0.4 is 10.6 Å². The summed E-state index contributed by atoms with van der Waals surface area (Å²) in [5, 5.41) is 22.9. The van der Waals surface area contributed by atoms with Gasteiger partial charge in [0.25, 0.3) is 0 Å². The number of carboxylic acid groups (broad SMARTS) is 2. The van der Waals surface area contributed by atoms with E-state index in [1.54, 1.807) is 13.8 Å². The van der Waals surface area contributed by atoms with Gasteiger partial charge >= 0.3 is 11.9 Å². The summed E-state index contributed by atoms with van der Waals surface area (Å²) in [5.74, 6) is -1.69. The maximum atomic E-state index is 10.5. The standard InChI is InChI=1S/C7H10N2O2.C7H12N2O2/c1-8-4-5-9-7(2-3-7)6(10)11;1-7(2,6(10)11)9-5-4-8-3/h9H,2-5H2,(H,10,11);9H,4-5H2,1-2H3,(H,10,11). The first-order valence-electron chi connectivity index (χ1n) is 6.85. The van der Waals surface area contributed by atoms with Crippen molar-refractivity contribution in [3.05, 3.63) is 22.8 Å². The Hall–Kier alpha value is -2.16. The molecule has 0 amide bonds. The zero-order chi connectivity index (χ0) is 17.2. The molecule has 1 saturated carbocycles. The van der Waals surface area contributed by atoms with E-state index >= 15 is 0 Å². The van der Waals surface area contributed by atoms with Gasteiger partial charge in [-0.1, -0.05) is 0 Å². The van der Waals surface area contributed by atoms with E-state index in [4.69, 9.17) is 23.4 Å². The Morgan fingerprint density at radius 1 is 1.14 bits per heavy atom. The van der Waals surface area contributed by atoms with Gasteiger partial charge in [-0.25, -0.2) is 13.1 Å². The summed E-state index contributed by atoms with van der Waals surface area (Å²) in [4.78, 5) is 27.2. The number of hydrogen-bond donors (Lipinski definition) is 4. The van der Waals surface area contributed by atoms with Crippen LogP contribution in [0.3, 0.4) is 0 Å². The molecule has 0 spiro atoms. The van der Waals surface area contributed by atoms with Crippen molar-refractivity contribution in [3.63, 3.8) is 0 Å². The van der Waals surface area contributed by atoms with E-state index in [0.717, 1.165) is 0 Å². The van der Waals surface area contributed by atoms with Crippen LogP contribution in [0, 0.1) is 13.1 Å². The molecule has 1 fully saturated rings. The fourth-order valence-corrected chi connectivity index (χ4v) is 1.44. The minimum Gasteiger partial charge on any atom is -0.480 e. The lowest BCUT2D eigenvalue weighted by Gasteiger charge is -2.18. The molecule has 0 saturated heterocycles. The molecule has 0 heterocycles. The molecule has 0 aromatic heterocycles. The van der Waals surface area contributed by atoms with E-state index in [0.29, 0.717) is 39.0 Å². The van der Waals surface area contributed by atoms with E-state index in [-0.39, 0.29) is 0 Å². The molecule has 1 aliphatic carbocycles. The Morgan fingerprint density at radius 3 is 2.00 bits per heavy atom. The smallest absolute Gasteiger partial charge is 0.323 e. The maximum Gasteiger partial charge on any atom is 0.323 e. The van der Waals surface area contributed by atoms with Gasteiger partial charge in [0, 0.05) is 0 Å². The Balaban J connectivity index is 0.000000401. The highest BCUT2D eigenvalue weighted by Crippen LogP contribution is 2.35. The molecule has 0 aliphatic heterocycles. The van der Waals surface area contributed by atoms with Gasteiger partial charge in [0.1, 0.15) is 11.1 Å². The highest BCUT2D eigenvalue weighted by atomic mass is 16.4. The van der Waals surface area contributed by atoms with Gasteiger partial charge in [0.05, 0.1) is 13.1 Å². The van der Waals surface area contributed by atoms with Gasteiger partial charge < -0.3 is 19.9 Å². The highest BCUT2D eigenvalue weighted by molar-refractivity contribution is 5.82. The van der Waals surface area contributed by atoms with E-state index in [2.05, 4.69) is 20.3 Å². The number of nitrogens with one attached hydrogen (secondary N) is 2. The van der Waals surface area contributed by atoms with E-state index in [1.807, 2.05) is 0 Å². The van der Waals surface area contributed by atoms with Crippen LogP contribution in [0.2, 0.25) is 0 Å². The highest BCUT2D eigenvalue weighted by Gasteiger charge is 2.49. The number of carbonyl (C=O) groups is 2. The van der Waals surface area contributed by atoms with Gasteiger partial charge in [-0.2, -0.15) is 0 Å². The summed E-state index contributed by atoms with van der Waals surface area (Å²) < 4.78 is 0. The van der Waals surface area contributed by atoms with Gasteiger partial charge in [-0.15, -0.1) is 0 Å². The molecule has 1 aliphatic rings. The van der Waals surface area contributed by atoms with Crippen LogP contribution in [0.25, 0.3) is 9.69 Å². The van der Waals surface area contributed by atoms with Crippen LogP contribution in [0.5, 0.6) is 0 Å². The summed E-state index contributed by atoms with van der Waals surface area (Å²) in [6.07, 6.45) is 1.39. The van der Waals surface area contributed by atoms with Gasteiger partial charge in [0.2, 0.25) is 13.1 Å². The molecule has 8 nitrogen and oxygen atoms in total. The predicted octanol–water partition coefficient (Wildman–Crippen LogP) is 0.471. The monoisotopic (exact) mass is 310 g/mol. The first kappa shape index (κ1) is 19.8. The average Bonchev–Trinajstić information content (AvgIpc) is 3.21. The molecule has 0 unspecified atom stereocenters. The van der Waals surface area contributed by atoms with Crippen molar-refractivity contribution in [2.45, 2.75) is 37.8 Å². The average molecular weight is 310 g/mol.